The second-order valence-corrected chi connectivity index (χ2v) is 4.67. The highest BCUT2D eigenvalue weighted by Crippen LogP contribution is 2.17. The predicted molar refractivity (Wildman–Crippen MR) is 51.5 cm³/mol. The molecule has 0 aliphatic heterocycles. The first-order valence-corrected chi connectivity index (χ1v) is 5.55. The van der Waals surface area contributed by atoms with Crippen LogP contribution in [0, 0.1) is 0 Å². The average molecular weight is 216 g/mol. The van der Waals surface area contributed by atoms with Crippen molar-refractivity contribution in [3.8, 4) is 5.75 Å². The Hall–Kier alpha value is -1.07. The van der Waals surface area contributed by atoms with Crippen LogP contribution >= 0.6 is 0 Å². The van der Waals surface area contributed by atoms with Crippen LogP contribution < -0.4 is 0 Å². The Bertz CT molecular complexity index is 391. The van der Waals surface area contributed by atoms with Crippen LogP contribution in [0.1, 0.15) is 13.8 Å². The molecule has 0 saturated heterocycles. The van der Waals surface area contributed by atoms with Crippen molar-refractivity contribution >= 4 is 10.1 Å². The maximum absolute atomic E-state index is 11.5. The van der Waals surface area contributed by atoms with Crippen LogP contribution in [0.4, 0.5) is 0 Å². The highest BCUT2D eigenvalue weighted by Gasteiger charge is 2.16. The molecule has 0 atom stereocenters. The summed E-state index contributed by atoms with van der Waals surface area (Å²) >= 11 is 0. The smallest absolute Gasteiger partial charge is 0.297 e. The lowest BCUT2D eigenvalue weighted by Gasteiger charge is -2.07. The number of aromatic hydroxyl groups is 1. The summed E-state index contributed by atoms with van der Waals surface area (Å²) in [6, 6.07) is 5.20. The van der Waals surface area contributed by atoms with Gasteiger partial charge in [-0.2, -0.15) is 8.42 Å². The number of phenols is 1. The van der Waals surface area contributed by atoms with Crippen molar-refractivity contribution in [3.05, 3.63) is 24.3 Å². The zero-order valence-electron chi connectivity index (χ0n) is 7.97. The fraction of sp³-hybridized carbons (Fsp3) is 0.333. The van der Waals surface area contributed by atoms with Gasteiger partial charge in [-0.3, -0.25) is 4.18 Å². The van der Waals surface area contributed by atoms with Crippen LogP contribution in [0.5, 0.6) is 5.75 Å². The van der Waals surface area contributed by atoms with E-state index in [0.717, 1.165) is 0 Å². The Labute approximate surface area is 83.3 Å². The van der Waals surface area contributed by atoms with E-state index in [-0.39, 0.29) is 10.6 Å². The van der Waals surface area contributed by atoms with Crippen LogP contribution in [-0.4, -0.2) is 19.6 Å². The Morgan fingerprint density at radius 1 is 1.21 bits per heavy atom. The number of rotatable bonds is 3. The zero-order valence-corrected chi connectivity index (χ0v) is 8.78. The maximum atomic E-state index is 11.5. The number of hydrogen-bond donors (Lipinski definition) is 1. The molecule has 1 N–H and O–H groups in total. The molecule has 14 heavy (non-hydrogen) atoms. The van der Waals surface area contributed by atoms with Gasteiger partial charge in [0, 0.05) is 0 Å². The SMILES string of the molecule is CC(C)OS(=O)(=O)c1ccc(O)cc1. The van der Waals surface area contributed by atoms with Crippen molar-refractivity contribution in [3.63, 3.8) is 0 Å². The van der Waals surface area contributed by atoms with Gasteiger partial charge in [0.15, 0.2) is 0 Å². The quantitative estimate of drug-likeness (QED) is 0.778. The summed E-state index contributed by atoms with van der Waals surface area (Å²) in [5, 5.41) is 8.97. The fourth-order valence-corrected chi connectivity index (χ4v) is 2.01. The zero-order chi connectivity index (χ0) is 10.8. The highest BCUT2D eigenvalue weighted by atomic mass is 32.2. The van der Waals surface area contributed by atoms with E-state index >= 15 is 0 Å². The second kappa shape index (κ2) is 3.98. The molecule has 0 aliphatic rings. The first-order valence-electron chi connectivity index (χ1n) is 4.14. The summed E-state index contributed by atoms with van der Waals surface area (Å²) in [4.78, 5) is 0.0454. The van der Waals surface area contributed by atoms with E-state index in [4.69, 9.17) is 9.29 Å². The molecule has 0 spiro atoms. The Morgan fingerprint density at radius 2 is 1.71 bits per heavy atom. The molecule has 0 fully saturated rings. The van der Waals surface area contributed by atoms with Gasteiger partial charge in [-0.1, -0.05) is 0 Å². The minimum absolute atomic E-state index is 0.0218. The van der Waals surface area contributed by atoms with Crippen molar-refractivity contribution in [1.82, 2.24) is 0 Å². The molecular weight excluding hydrogens is 204 g/mol. The third-order valence-electron chi connectivity index (χ3n) is 1.44. The summed E-state index contributed by atoms with van der Waals surface area (Å²) in [5.74, 6) is 0.0218. The van der Waals surface area contributed by atoms with Gasteiger partial charge in [0.2, 0.25) is 0 Å². The summed E-state index contributed by atoms with van der Waals surface area (Å²) in [5.41, 5.74) is 0. The third-order valence-corrected chi connectivity index (χ3v) is 2.93. The molecule has 0 bridgehead atoms. The van der Waals surface area contributed by atoms with E-state index in [0.29, 0.717) is 0 Å². The standard InChI is InChI=1S/C9H12O4S/c1-7(2)13-14(11,12)9-5-3-8(10)4-6-9/h3-7,10H,1-2H3. The van der Waals surface area contributed by atoms with Gasteiger partial charge in [0.05, 0.1) is 11.0 Å². The van der Waals surface area contributed by atoms with Gasteiger partial charge in [-0.25, -0.2) is 0 Å². The van der Waals surface area contributed by atoms with Gasteiger partial charge < -0.3 is 5.11 Å². The van der Waals surface area contributed by atoms with Crippen molar-refractivity contribution in [2.75, 3.05) is 0 Å². The second-order valence-electron chi connectivity index (χ2n) is 3.09. The lowest BCUT2D eigenvalue weighted by Crippen LogP contribution is -2.12. The van der Waals surface area contributed by atoms with Crippen molar-refractivity contribution in [2.24, 2.45) is 0 Å². The monoisotopic (exact) mass is 216 g/mol. The third kappa shape index (κ3) is 2.71. The molecule has 4 nitrogen and oxygen atoms in total. The first-order chi connectivity index (χ1) is 6.42. The van der Waals surface area contributed by atoms with Gasteiger partial charge in [0.25, 0.3) is 10.1 Å². The summed E-state index contributed by atoms with van der Waals surface area (Å²) in [6.45, 7) is 3.27. The Kier molecular flexibility index (Phi) is 3.13. The summed E-state index contributed by atoms with van der Waals surface area (Å²) in [6.07, 6.45) is -0.395. The molecule has 0 heterocycles. The predicted octanol–water partition coefficient (Wildman–Crippen LogP) is 1.51. The molecule has 1 aromatic rings. The minimum Gasteiger partial charge on any atom is -0.508 e. The van der Waals surface area contributed by atoms with E-state index < -0.39 is 16.2 Å². The molecule has 1 rings (SSSR count). The van der Waals surface area contributed by atoms with E-state index in [1.54, 1.807) is 13.8 Å². The average Bonchev–Trinajstić information content (AvgIpc) is 2.02. The topological polar surface area (TPSA) is 63.6 Å². The molecule has 1 aromatic carbocycles. The Morgan fingerprint density at radius 3 is 2.14 bits per heavy atom. The van der Waals surface area contributed by atoms with Crippen LogP contribution in [0.3, 0.4) is 0 Å². The van der Waals surface area contributed by atoms with Crippen molar-refractivity contribution in [2.45, 2.75) is 24.8 Å². The van der Waals surface area contributed by atoms with E-state index in [9.17, 15) is 8.42 Å². The van der Waals surface area contributed by atoms with E-state index in [1.807, 2.05) is 0 Å². The van der Waals surface area contributed by atoms with Crippen LogP contribution in [-0.2, 0) is 14.3 Å². The molecule has 78 valence electrons. The fourth-order valence-electron chi connectivity index (χ4n) is 0.922. The minimum atomic E-state index is -3.69. The van der Waals surface area contributed by atoms with E-state index in [2.05, 4.69) is 0 Å². The number of benzene rings is 1. The summed E-state index contributed by atoms with van der Waals surface area (Å²) in [7, 11) is -3.69. The molecule has 0 radical (unpaired) electrons. The number of hydrogen-bond acceptors (Lipinski definition) is 4. The molecule has 0 amide bonds. The lowest BCUT2D eigenvalue weighted by molar-refractivity contribution is 0.249. The van der Waals surface area contributed by atoms with Crippen molar-refractivity contribution < 1.29 is 17.7 Å². The maximum Gasteiger partial charge on any atom is 0.297 e. The lowest BCUT2D eigenvalue weighted by atomic mass is 10.3. The first kappa shape index (κ1) is 11.0. The van der Waals surface area contributed by atoms with Gasteiger partial charge in [-0.05, 0) is 38.1 Å². The largest absolute Gasteiger partial charge is 0.508 e. The van der Waals surface area contributed by atoms with Crippen LogP contribution in [0.2, 0.25) is 0 Å². The van der Waals surface area contributed by atoms with Gasteiger partial charge >= 0.3 is 0 Å². The molecule has 0 aliphatic carbocycles. The van der Waals surface area contributed by atoms with Crippen molar-refractivity contribution in [1.29, 1.82) is 0 Å². The van der Waals surface area contributed by atoms with Crippen LogP contribution in [0.15, 0.2) is 29.2 Å². The highest BCUT2D eigenvalue weighted by molar-refractivity contribution is 7.86. The normalized spacial score (nSPS) is 11.9. The van der Waals surface area contributed by atoms with Gasteiger partial charge in [0.1, 0.15) is 5.75 Å². The van der Waals surface area contributed by atoms with Crippen LogP contribution in [0.25, 0.3) is 0 Å². The number of phenolic OH excluding ortho intramolecular Hbond substituents is 1. The molecule has 0 aromatic heterocycles. The van der Waals surface area contributed by atoms with Gasteiger partial charge in [-0.15, -0.1) is 0 Å². The Balaban J connectivity index is 2.99. The summed E-state index contributed by atoms with van der Waals surface area (Å²) < 4.78 is 27.7. The molecule has 0 unspecified atom stereocenters. The molecule has 0 saturated carbocycles. The molecule has 5 heteroatoms. The molecular formula is C9H12O4S. The van der Waals surface area contributed by atoms with E-state index in [1.165, 1.54) is 24.3 Å².